The summed E-state index contributed by atoms with van der Waals surface area (Å²) in [6, 6.07) is 5.80. The molecule has 1 N–H and O–H groups in total. The van der Waals surface area contributed by atoms with Crippen LogP contribution in [0.15, 0.2) is 18.2 Å². The van der Waals surface area contributed by atoms with E-state index in [0.717, 1.165) is 31.2 Å². The quantitative estimate of drug-likeness (QED) is 0.535. The lowest BCUT2D eigenvalue weighted by Crippen LogP contribution is -2.36. The Labute approximate surface area is 179 Å². The van der Waals surface area contributed by atoms with E-state index in [-0.39, 0.29) is 5.97 Å². The first-order valence-electron chi connectivity index (χ1n) is 10.8. The van der Waals surface area contributed by atoms with Crippen LogP contribution in [0.3, 0.4) is 0 Å². The summed E-state index contributed by atoms with van der Waals surface area (Å²) >= 11 is 0. The number of carboxylic acids is 1. The van der Waals surface area contributed by atoms with Crippen molar-refractivity contribution in [1.29, 1.82) is 0 Å². The Bertz CT molecular complexity index is 728. The van der Waals surface area contributed by atoms with Gasteiger partial charge in [0.2, 0.25) is 0 Å². The van der Waals surface area contributed by atoms with Gasteiger partial charge in [-0.25, -0.2) is 0 Å². The van der Waals surface area contributed by atoms with E-state index in [1.54, 1.807) is 14.2 Å². The van der Waals surface area contributed by atoms with E-state index in [9.17, 15) is 14.7 Å². The average molecular weight is 421 g/mol. The maximum absolute atomic E-state index is 12.9. The number of esters is 1. The van der Waals surface area contributed by atoms with Crippen molar-refractivity contribution in [2.24, 2.45) is 11.3 Å². The van der Waals surface area contributed by atoms with Crippen LogP contribution < -0.4 is 9.47 Å². The van der Waals surface area contributed by atoms with Gasteiger partial charge in [0.25, 0.3) is 0 Å². The number of benzene rings is 1. The molecule has 1 fully saturated rings. The summed E-state index contributed by atoms with van der Waals surface area (Å²) in [5.41, 5.74) is -0.306. The number of aryl methyl sites for hydroxylation is 1. The van der Waals surface area contributed by atoms with E-state index < -0.39 is 22.9 Å². The lowest BCUT2D eigenvalue weighted by Gasteiger charge is -2.30. The second-order valence-corrected chi connectivity index (χ2v) is 9.31. The van der Waals surface area contributed by atoms with E-state index in [2.05, 4.69) is 0 Å². The number of methoxy groups -OCH3 is 2. The fraction of sp³-hybridized carbons (Fsp3) is 0.667. The molecule has 0 saturated heterocycles. The van der Waals surface area contributed by atoms with Crippen LogP contribution in [0.5, 0.6) is 11.5 Å². The predicted molar refractivity (Wildman–Crippen MR) is 115 cm³/mol. The highest BCUT2D eigenvalue weighted by atomic mass is 16.6. The Morgan fingerprint density at radius 2 is 1.73 bits per heavy atom. The zero-order chi connectivity index (χ0) is 22.4. The summed E-state index contributed by atoms with van der Waals surface area (Å²) in [7, 11) is 3.21. The second-order valence-electron chi connectivity index (χ2n) is 9.31. The van der Waals surface area contributed by atoms with Gasteiger partial charge >= 0.3 is 11.9 Å². The molecular weight excluding hydrogens is 384 g/mol. The van der Waals surface area contributed by atoms with Crippen LogP contribution in [0.1, 0.15) is 71.3 Å². The summed E-state index contributed by atoms with van der Waals surface area (Å²) in [6.07, 6.45) is 5.54. The van der Waals surface area contributed by atoms with Gasteiger partial charge in [-0.1, -0.05) is 18.9 Å². The average Bonchev–Trinajstić information content (AvgIpc) is 3.15. The first kappa shape index (κ1) is 24.0. The van der Waals surface area contributed by atoms with Gasteiger partial charge < -0.3 is 19.3 Å². The van der Waals surface area contributed by atoms with Gasteiger partial charge in [0.05, 0.1) is 25.6 Å². The molecule has 0 aliphatic heterocycles. The molecule has 1 aromatic carbocycles. The van der Waals surface area contributed by atoms with Crippen LogP contribution in [0.2, 0.25) is 0 Å². The summed E-state index contributed by atoms with van der Waals surface area (Å²) in [4.78, 5) is 24.9. The highest BCUT2D eigenvalue weighted by Crippen LogP contribution is 2.44. The summed E-state index contributed by atoms with van der Waals surface area (Å²) in [5.74, 6) is -0.138. The standard InChI is InChI=1S/C24H36O6/c1-23(2,3)30-21(25)18(16-24(22(26)27)13-6-7-14-24)10-8-9-17-11-12-19(28-4)20(15-17)29-5/h11-12,15,18H,6-10,13-14,16H2,1-5H3,(H,26,27). The van der Waals surface area contributed by atoms with Crippen molar-refractivity contribution in [3.8, 4) is 11.5 Å². The first-order chi connectivity index (χ1) is 14.1. The molecule has 1 aromatic rings. The lowest BCUT2D eigenvalue weighted by atomic mass is 9.76. The summed E-state index contributed by atoms with van der Waals surface area (Å²) < 4.78 is 16.3. The third-order valence-electron chi connectivity index (χ3n) is 5.86. The highest BCUT2D eigenvalue weighted by Gasteiger charge is 2.44. The van der Waals surface area contributed by atoms with E-state index in [1.807, 2.05) is 39.0 Å². The molecule has 0 amide bonds. The van der Waals surface area contributed by atoms with Crippen molar-refractivity contribution in [3.63, 3.8) is 0 Å². The minimum atomic E-state index is -0.801. The zero-order valence-corrected chi connectivity index (χ0v) is 19.0. The van der Waals surface area contributed by atoms with Crippen LogP contribution in [0.25, 0.3) is 0 Å². The van der Waals surface area contributed by atoms with Crippen LogP contribution >= 0.6 is 0 Å². The molecule has 0 spiro atoms. The number of aliphatic carboxylic acids is 1. The number of carboxylic acid groups (broad SMARTS) is 1. The summed E-state index contributed by atoms with van der Waals surface area (Å²) in [5, 5.41) is 9.86. The van der Waals surface area contributed by atoms with Crippen LogP contribution in [-0.4, -0.2) is 36.9 Å². The van der Waals surface area contributed by atoms with E-state index >= 15 is 0 Å². The van der Waals surface area contributed by atoms with Gasteiger partial charge in [-0.15, -0.1) is 0 Å². The first-order valence-corrected chi connectivity index (χ1v) is 10.8. The van der Waals surface area contributed by atoms with E-state index in [4.69, 9.17) is 14.2 Å². The molecule has 6 heteroatoms. The van der Waals surface area contributed by atoms with Gasteiger partial charge in [-0.05, 0) is 77.0 Å². The minimum Gasteiger partial charge on any atom is -0.493 e. The number of hydrogen-bond donors (Lipinski definition) is 1. The number of carbonyl (C=O) groups is 2. The molecule has 6 nitrogen and oxygen atoms in total. The maximum Gasteiger partial charge on any atom is 0.309 e. The van der Waals surface area contributed by atoms with Gasteiger partial charge in [0, 0.05) is 0 Å². The molecule has 1 aliphatic rings. The zero-order valence-electron chi connectivity index (χ0n) is 19.0. The molecule has 1 unspecified atom stereocenters. The smallest absolute Gasteiger partial charge is 0.309 e. The van der Waals surface area contributed by atoms with Gasteiger partial charge in [-0.2, -0.15) is 0 Å². The van der Waals surface area contributed by atoms with E-state index in [0.29, 0.717) is 37.2 Å². The predicted octanol–water partition coefficient (Wildman–Crippen LogP) is 5.02. The molecule has 1 saturated carbocycles. The lowest BCUT2D eigenvalue weighted by molar-refractivity contribution is -0.163. The normalized spacial score (nSPS) is 16.7. The molecular formula is C24H36O6. The molecule has 1 atom stereocenters. The molecule has 1 aliphatic carbocycles. The summed E-state index contributed by atoms with van der Waals surface area (Å²) in [6.45, 7) is 5.52. The largest absolute Gasteiger partial charge is 0.493 e. The van der Waals surface area contributed by atoms with Crippen molar-refractivity contribution in [2.75, 3.05) is 14.2 Å². The minimum absolute atomic E-state index is 0.290. The molecule has 0 aromatic heterocycles. The van der Waals surface area contributed by atoms with Gasteiger partial charge in [0.15, 0.2) is 11.5 Å². The molecule has 168 valence electrons. The van der Waals surface area contributed by atoms with Gasteiger partial charge in [-0.3, -0.25) is 9.59 Å². The maximum atomic E-state index is 12.9. The Morgan fingerprint density at radius 3 is 2.27 bits per heavy atom. The number of rotatable bonds is 10. The Kier molecular flexibility index (Phi) is 8.16. The van der Waals surface area contributed by atoms with Gasteiger partial charge in [0.1, 0.15) is 5.60 Å². The molecule has 0 radical (unpaired) electrons. The molecule has 2 rings (SSSR count). The topological polar surface area (TPSA) is 82.1 Å². The Balaban J connectivity index is 2.09. The number of hydrogen-bond acceptors (Lipinski definition) is 5. The third-order valence-corrected chi connectivity index (χ3v) is 5.86. The Hall–Kier alpha value is -2.24. The fourth-order valence-corrected chi connectivity index (χ4v) is 4.31. The molecule has 0 heterocycles. The Morgan fingerprint density at radius 1 is 1.10 bits per heavy atom. The highest BCUT2D eigenvalue weighted by molar-refractivity contribution is 5.78. The van der Waals surface area contributed by atoms with Crippen LogP contribution in [0, 0.1) is 11.3 Å². The monoisotopic (exact) mass is 420 g/mol. The SMILES string of the molecule is COc1ccc(CCCC(CC2(C(=O)O)CCCC2)C(=O)OC(C)(C)C)cc1OC. The molecule has 0 bridgehead atoms. The van der Waals surface area contributed by atoms with Crippen molar-refractivity contribution in [2.45, 2.75) is 77.7 Å². The fourth-order valence-electron chi connectivity index (χ4n) is 4.31. The second kappa shape index (κ2) is 10.2. The van der Waals surface area contributed by atoms with Crippen molar-refractivity contribution in [3.05, 3.63) is 23.8 Å². The van der Waals surface area contributed by atoms with Crippen LogP contribution in [0.4, 0.5) is 0 Å². The van der Waals surface area contributed by atoms with Crippen LogP contribution in [-0.2, 0) is 20.7 Å². The molecule has 30 heavy (non-hydrogen) atoms. The third kappa shape index (κ3) is 6.38. The number of carbonyl (C=O) groups excluding carboxylic acids is 1. The van der Waals surface area contributed by atoms with Crippen molar-refractivity contribution in [1.82, 2.24) is 0 Å². The van der Waals surface area contributed by atoms with E-state index in [1.165, 1.54) is 0 Å². The van der Waals surface area contributed by atoms with Crippen molar-refractivity contribution >= 4 is 11.9 Å². The van der Waals surface area contributed by atoms with Crippen molar-refractivity contribution < 1.29 is 28.9 Å². The number of ether oxygens (including phenoxy) is 3.